The summed E-state index contributed by atoms with van der Waals surface area (Å²) < 4.78 is 1.86. The average Bonchev–Trinajstić information content (AvgIpc) is 3.25. The van der Waals surface area contributed by atoms with E-state index in [9.17, 15) is 4.79 Å². The number of pyridine rings is 1. The van der Waals surface area contributed by atoms with E-state index in [1.165, 1.54) is 0 Å². The van der Waals surface area contributed by atoms with E-state index in [4.69, 9.17) is 0 Å². The van der Waals surface area contributed by atoms with Gasteiger partial charge in [0.2, 0.25) is 0 Å². The van der Waals surface area contributed by atoms with Crippen molar-refractivity contribution in [3.05, 3.63) is 48.1 Å². The number of H-pyrrole nitrogens is 1. The van der Waals surface area contributed by atoms with Crippen LogP contribution in [0.2, 0.25) is 0 Å². The number of nitrogens with zero attached hydrogens (tertiary/aromatic N) is 5. The summed E-state index contributed by atoms with van der Waals surface area (Å²) in [6.45, 7) is 2.60. The molecule has 3 aromatic heterocycles. The molecule has 1 aliphatic rings. The van der Waals surface area contributed by atoms with E-state index < -0.39 is 0 Å². The molecule has 3 aromatic rings. The first-order valence-corrected chi connectivity index (χ1v) is 7.34. The summed E-state index contributed by atoms with van der Waals surface area (Å²) in [5.74, 6) is 1.49. The SMILES string of the molecule is Cc1nc([C@H]2CCCN2C(=O)c2ccc3cncn3c2)n[nH]1. The molecule has 1 saturated heterocycles. The van der Waals surface area contributed by atoms with Crippen molar-refractivity contribution in [1.29, 1.82) is 0 Å². The summed E-state index contributed by atoms with van der Waals surface area (Å²) in [5.41, 5.74) is 1.63. The zero-order valence-corrected chi connectivity index (χ0v) is 12.2. The van der Waals surface area contributed by atoms with Crippen LogP contribution in [0.15, 0.2) is 30.9 Å². The number of amides is 1. The second kappa shape index (κ2) is 4.94. The van der Waals surface area contributed by atoms with E-state index in [1.54, 1.807) is 12.5 Å². The summed E-state index contributed by atoms with van der Waals surface area (Å²) in [6, 6.07) is 3.70. The molecule has 0 aliphatic carbocycles. The normalized spacial score (nSPS) is 18.2. The van der Waals surface area contributed by atoms with E-state index in [0.29, 0.717) is 11.4 Å². The number of imidazole rings is 1. The van der Waals surface area contributed by atoms with Crippen LogP contribution in [-0.4, -0.2) is 41.9 Å². The monoisotopic (exact) mass is 296 g/mol. The summed E-state index contributed by atoms with van der Waals surface area (Å²) >= 11 is 0. The van der Waals surface area contributed by atoms with Crippen LogP contribution in [0, 0.1) is 6.92 Å². The molecule has 0 aromatic carbocycles. The molecular weight excluding hydrogens is 280 g/mol. The van der Waals surface area contributed by atoms with Crippen LogP contribution < -0.4 is 0 Å². The Kier molecular flexibility index (Phi) is 2.92. The molecule has 0 spiro atoms. The highest BCUT2D eigenvalue weighted by atomic mass is 16.2. The fourth-order valence-electron chi connectivity index (χ4n) is 3.00. The van der Waals surface area contributed by atoms with Crippen LogP contribution in [0.4, 0.5) is 0 Å². The van der Waals surface area contributed by atoms with Gasteiger partial charge in [0.25, 0.3) is 5.91 Å². The molecule has 1 fully saturated rings. The Morgan fingerprint density at radius 1 is 1.41 bits per heavy atom. The Bertz CT molecular complexity index is 835. The van der Waals surface area contributed by atoms with Crippen molar-refractivity contribution in [1.82, 2.24) is 29.5 Å². The van der Waals surface area contributed by atoms with Gasteiger partial charge in [-0.1, -0.05) is 0 Å². The van der Waals surface area contributed by atoms with Gasteiger partial charge < -0.3 is 9.30 Å². The number of hydrogen-bond donors (Lipinski definition) is 1. The highest BCUT2D eigenvalue weighted by Crippen LogP contribution is 2.31. The number of rotatable bonds is 2. The molecule has 7 nitrogen and oxygen atoms in total. The van der Waals surface area contributed by atoms with Crippen molar-refractivity contribution >= 4 is 11.4 Å². The standard InChI is InChI=1S/C15H16N6O/c1-10-17-14(19-18-10)13-3-2-6-21(13)15(22)11-4-5-12-7-16-9-20(12)8-11/h4-5,7-9,13H,2-3,6H2,1H3,(H,17,18,19)/t13-/m1/s1. The fraction of sp³-hybridized carbons (Fsp3) is 0.333. The van der Waals surface area contributed by atoms with Gasteiger partial charge >= 0.3 is 0 Å². The van der Waals surface area contributed by atoms with Crippen molar-refractivity contribution in [3.8, 4) is 0 Å². The second-order valence-electron chi connectivity index (χ2n) is 5.58. The topological polar surface area (TPSA) is 79.2 Å². The lowest BCUT2D eigenvalue weighted by atomic mass is 10.2. The Morgan fingerprint density at radius 3 is 3.14 bits per heavy atom. The smallest absolute Gasteiger partial charge is 0.255 e. The molecule has 0 unspecified atom stereocenters. The van der Waals surface area contributed by atoms with Crippen molar-refractivity contribution < 1.29 is 4.79 Å². The number of aromatic nitrogens is 5. The quantitative estimate of drug-likeness (QED) is 0.781. The van der Waals surface area contributed by atoms with Crippen LogP contribution in [-0.2, 0) is 0 Å². The zero-order valence-electron chi connectivity index (χ0n) is 12.2. The lowest BCUT2D eigenvalue weighted by molar-refractivity contribution is 0.0729. The maximum Gasteiger partial charge on any atom is 0.255 e. The van der Waals surface area contributed by atoms with Gasteiger partial charge in [-0.05, 0) is 31.9 Å². The van der Waals surface area contributed by atoms with Crippen molar-refractivity contribution in [3.63, 3.8) is 0 Å². The number of aromatic amines is 1. The number of hydrogen-bond acceptors (Lipinski definition) is 4. The molecule has 1 N–H and O–H groups in total. The van der Waals surface area contributed by atoms with Gasteiger partial charge in [0, 0.05) is 12.7 Å². The molecule has 0 saturated carbocycles. The minimum Gasteiger partial charge on any atom is -0.328 e. The number of likely N-dealkylation sites (tertiary alicyclic amines) is 1. The molecule has 1 aliphatic heterocycles. The molecule has 1 atom stereocenters. The lowest BCUT2D eigenvalue weighted by Gasteiger charge is -2.22. The molecular formula is C15H16N6O. The van der Waals surface area contributed by atoms with E-state index in [-0.39, 0.29) is 11.9 Å². The first-order chi connectivity index (χ1) is 10.7. The highest BCUT2D eigenvalue weighted by Gasteiger charge is 2.33. The Balaban J connectivity index is 1.65. The maximum absolute atomic E-state index is 12.8. The summed E-state index contributed by atoms with van der Waals surface area (Å²) in [6.07, 6.45) is 7.16. The summed E-state index contributed by atoms with van der Waals surface area (Å²) in [5, 5.41) is 7.07. The van der Waals surface area contributed by atoms with Gasteiger partial charge in [0.05, 0.1) is 29.6 Å². The van der Waals surface area contributed by atoms with Crippen molar-refractivity contribution in [2.45, 2.75) is 25.8 Å². The lowest BCUT2D eigenvalue weighted by Crippen LogP contribution is -2.31. The van der Waals surface area contributed by atoms with Crippen LogP contribution in [0.1, 0.15) is 40.9 Å². The van der Waals surface area contributed by atoms with E-state index >= 15 is 0 Å². The first-order valence-electron chi connectivity index (χ1n) is 7.34. The highest BCUT2D eigenvalue weighted by molar-refractivity contribution is 5.94. The average molecular weight is 296 g/mol. The van der Waals surface area contributed by atoms with E-state index in [1.807, 2.05) is 34.6 Å². The van der Waals surface area contributed by atoms with Gasteiger partial charge in [-0.15, -0.1) is 0 Å². The molecule has 22 heavy (non-hydrogen) atoms. The Hall–Kier alpha value is -2.70. The van der Waals surface area contributed by atoms with Crippen molar-refractivity contribution in [2.24, 2.45) is 0 Å². The van der Waals surface area contributed by atoms with Crippen LogP contribution in [0.3, 0.4) is 0 Å². The molecule has 0 bridgehead atoms. The maximum atomic E-state index is 12.8. The minimum absolute atomic E-state index is 0.0144. The number of carbonyl (C=O) groups is 1. The van der Waals surface area contributed by atoms with Gasteiger partial charge in [0.15, 0.2) is 5.82 Å². The second-order valence-corrected chi connectivity index (χ2v) is 5.58. The summed E-state index contributed by atoms with van der Waals surface area (Å²) in [4.78, 5) is 23.2. The van der Waals surface area contributed by atoms with Crippen LogP contribution in [0.25, 0.3) is 5.52 Å². The third kappa shape index (κ3) is 2.05. The van der Waals surface area contributed by atoms with Gasteiger partial charge in [-0.25, -0.2) is 9.97 Å². The molecule has 7 heteroatoms. The molecule has 4 rings (SSSR count). The number of fused-ring (bicyclic) bond motifs is 1. The first kappa shape index (κ1) is 13.0. The van der Waals surface area contributed by atoms with Gasteiger partial charge in [0.1, 0.15) is 5.82 Å². The van der Waals surface area contributed by atoms with E-state index in [2.05, 4.69) is 20.2 Å². The molecule has 112 valence electrons. The molecule has 4 heterocycles. The van der Waals surface area contributed by atoms with Crippen LogP contribution in [0.5, 0.6) is 0 Å². The molecule has 1 amide bonds. The predicted molar refractivity (Wildman–Crippen MR) is 79.3 cm³/mol. The fourth-order valence-corrected chi connectivity index (χ4v) is 3.00. The predicted octanol–water partition coefficient (Wildman–Crippen LogP) is 1.74. The third-order valence-corrected chi connectivity index (χ3v) is 4.08. The van der Waals surface area contributed by atoms with E-state index in [0.717, 1.165) is 30.7 Å². The van der Waals surface area contributed by atoms with Crippen LogP contribution >= 0.6 is 0 Å². The number of nitrogens with one attached hydrogen (secondary N) is 1. The summed E-state index contributed by atoms with van der Waals surface area (Å²) in [7, 11) is 0. The Labute approximate surface area is 127 Å². The number of aryl methyl sites for hydroxylation is 1. The van der Waals surface area contributed by atoms with Gasteiger partial charge in [-0.2, -0.15) is 5.10 Å². The van der Waals surface area contributed by atoms with Crippen molar-refractivity contribution in [2.75, 3.05) is 6.54 Å². The number of carbonyl (C=O) groups excluding carboxylic acids is 1. The molecule has 0 radical (unpaired) electrons. The zero-order chi connectivity index (χ0) is 15.1. The minimum atomic E-state index is -0.0454. The van der Waals surface area contributed by atoms with Gasteiger partial charge in [-0.3, -0.25) is 9.89 Å². The Morgan fingerprint density at radius 2 is 2.32 bits per heavy atom. The largest absolute Gasteiger partial charge is 0.328 e. The third-order valence-electron chi connectivity index (χ3n) is 4.08.